The van der Waals surface area contributed by atoms with Crippen molar-refractivity contribution in [3.63, 3.8) is 0 Å². The number of rotatable bonds is 11. The summed E-state index contributed by atoms with van der Waals surface area (Å²) in [6.45, 7) is 3.10. The smallest absolute Gasteiger partial charge is 0.408 e. The van der Waals surface area contributed by atoms with Gasteiger partial charge in [0.15, 0.2) is 9.84 Å². The Kier molecular flexibility index (Phi) is 12.4. The zero-order valence-electron chi connectivity index (χ0n) is 21.5. The first-order chi connectivity index (χ1) is 18.6. The maximum atomic E-state index is 13.0. The number of ether oxygens (including phenoxy) is 1. The van der Waals surface area contributed by atoms with Gasteiger partial charge in [-0.05, 0) is 16.7 Å². The second kappa shape index (κ2) is 15.7. The van der Waals surface area contributed by atoms with Crippen LogP contribution in [0.25, 0.3) is 0 Å². The van der Waals surface area contributed by atoms with Crippen LogP contribution in [0.3, 0.4) is 0 Å². The molecule has 0 saturated heterocycles. The summed E-state index contributed by atoms with van der Waals surface area (Å²) in [5, 5.41) is 15.7. The van der Waals surface area contributed by atoms with E-state index in [9.17, 15) is 27.9 Å². The molecule has 2 amide bonds. The molecular weight excluding hydrogens is 520 g/mol. The number of carboxylic acids is 1. The molecule has 10 heteroatoms. The third-order valence-electron chi connectivity index (χ3n) is 5.30. The van der Waals surface area contributed by atoms with E-state index in [4.69, 9.17) is 4.74 Å². The van der Waals surface area contributed by atoms with Crippen LogP contribution < -0.4 is 10.6 Å². The van der Waals surface area contributed by atoms with Crippen molar-refractivity contribution in [2.24, 2.45) is 0 Å². The molecule has 0 radical (unpaired) electrons. The molecule has 0 fully saturated rings. The van der Waals surface area contributed by atoms with E-state index in [1.165, 1.54) is 0 Å². The molecule has 3 rings (SSSR count). The van der Waals surface area contributed by atoms with E-state index in [-0.39, 0.29) is 19.4 Å². The summed E-state index contributed by atoms with van der Waals surface area (Å²) in [4.78, 5) is 37.2. The second-order valence-electron chi connectivity index (χ2n) is 8.53. The molecule has 0 heterocycles. The lowest BCUT2D eigenvalue weighted by atomic mass is 10.0. The van der Waals surface area contributed by atoms with Gasteiger partial charge in [-0.15, -0.1) is 0 Å². The molecular formula is C29H32N2O7S. The highest BCUT2D eigenvalue weighted by Crippen LogP contribution is 2.08. The number of alkyl carbamates (subject to hydrolysis) is 1. The Balaban J connectivity index is 0.000000798. The van der Waals surface area contributed by atoms with Gasteiger partial charge < -0.3 is 20.5 Å². The molecule has 0 aliphatic carbocycles. The number of carboxylic acid groups (broad SMARTS) is 1. The van der Waals surface area contributed by atoms with E-state index in [0.717, 1.165) is 28.4 Å². The van der Waals surface area contributed by atoms with Crippen molar-refractivity contribution in [3.05, 3.63) is 120 Å². The fraction of sp³-hybridized carbons (Fsp3) is 0.207. The number of sulfone groups is 1. The zero-order valence-corrected chi connectivity index (χ0v) is 22.3. The first-order valence-corrected chi connectivity index (χ1v) is 13.9. The molecule has 0 spiro atoms. The molecule has 0 unspecified atom stereocenters. The lowest BCUT2D eigenvalue weighted by Gasteiger charge is -2.21. The number of carbonyl (C=O) groups is 3. The van der Waals surface area contributed by atoms with Crippen LogP contribution in [0.4, 0.5) is 4.79 Å². The number of hydrogen-bond donors (Lipinski definition) is 3. The number of aliphatic carboxylic acids is 1. The van der Waals surface area contributed by atoms with Gasteiger partial charge in [0.25, 0.3) is 0 Å². The summed E-state index contributed by atoms with van der Waals surface area (Å²) >= 11 is 0. The van der Waals surface area contributed by atoms with Crippen LogP contribution >= 0.6 is 0 Å². The number of hydrogen-bond acceptors (Lipinski definition) is 6. The van der Waals surface area contributed by atoms with Gasteiger partial charge in [-0.2, -0.15) is 0 Å². The van der Waals surface area contributed by atoms with Crippen molar-refractivity contribution in [2.75, 3.05) is 6.26 Å². The van der Waals surface area contributed by atoms with Gasteiger partial charge in [-0.1, -0.05) is 97.6 Å². The Labute approximate surface area is 228 Å². The van der Waals surface area contributed by atoms with Crippen molar-refractivity contribution in [1.29, 1.82) is 0 Å². The van der Waals surface area contributed by atoms with E-state index in [0.29, 0.717) is 0 Å². The summed E-state index contributed by atoms with van der Waals surface area (Å²) in [5.41, 5.74) is 2.40. The van der Waals surface area contributed by atoms with Gasteiger partial charge in [-0.25, -0.2) is 18.0 Å². The number of benzene rings is 3. The van der Waals surface area contributed by atoms with Crippen LogP contribution in [-0.4, -0.2) is 49.8 Å². The molecule has 0 aliphatic heterocycles. The largest absolute Gasteiger partial charge is 0.480 e. The Bertz CT molecular complexity index is 1300. The fourth-order valence-electron chi connectivity index (χ4n) is 3.29. The van der Waals surface area contributed by atoms with E-state index in [2.05, 4.69) is 17.2 Å². The van der Waals surface area contributed by atoms with E-state index in [1.54, 1.807) is 24.3 Å². The number of carbonyl (C=O) groups excluding carboxylic acids is 2. The average Bonchev–Trinajstić information content (AvgIpc) is 2.93. The lowest BCUT2D eigenvalue weighted by Crippen LogP contribution is -2.53. The van der Waals surface area contributed by atoms with Crippen molar-refractivity contribution in [3.8, 4) is 0 Å². The Morgan fingerprint density at radius 3 is 1.62 bits per heavy atom. The van der Waals surface area contributed by atoms with Gasteiger partial charge in [0.05, 0.1) is 0 Å². The fourth-order valence-corrected chi connectivity index (χ4v) is 3.29. The molecule has 206 valence electrons. The minimum Gasteiger partial charge on any atom is -0.480 e. The third-order valence-corrected chi connectivity index (χ3v) is 5.91. The van der Waals surface area contributed by atoms with Crippen molar-refractivity contribution in [2.45, 2.75) is 31.5 Å². The summed E-state index contributed by atoms with van der Waals surface area (Å²) < 4.78 is 25.0. The van der Waals surface area contributed by atoms with Crippen LogP contribution in [-0.2, 0) is 43.6 Å². The summed E-state index contributed by atoms with van der Waals surface area (Å²) in [6.07, 6.45) is 0.647. The summed E-state index contributed by atoms with van der Waals surface area (Å²) in [5.74, 6) is -1.75. The van der Waals surface area contributed by atoms with E-state index >= 15 is 0 Å². The number of nitrogens with one attached hydrogen (secondary N) is 2. The highest BCUT2D eigenvalue weighted by atomic mass is 32.2. The minimum absolute atomic E-state index is 0.0537. The van der Waals surface area contributed by atoms with Crippen molar-refractivity contribution >= 4 is 27.8 Å². The molecule has 0 aromatic heterocycles. The SMILES string of the molecule is C=CS(C)(=O)=O.O=C(N[C@@H](Cc1ccccc1)C(=O)N[C@@H](Cc1ccccc1)C(=O)O)OCc1ccccc1. The van der Waals surface area contributed by atoms with Crippen molar-refractivity contribution < 1.29 is 32.6 Å². The van der Waals surface area contributed by atoms with Crippen LogP contribution in [0.5, 0.6) is 0 Å². The Morgan fingerprint density at radius 1 is 0.795 bits per heavy atom. The van der Waals surface area contributed by atoms with Gasteiger partial charge in [0.2, 0.25) is 5.91 Å². The predicted octanol–water partition coefficient (Wildman–Crippen LogP) is 3.51. The van der Waals surface area contributed by atoms with Gasteiger partial charge in [0, 0.05) is 24.5 Å². The molecule has 3 aromatic rings. The van der Waals surface area contributed by atoms with Gasteiger partial charge in [-0.3, -0.25) is 4.79 Å². The first-order valence-electron chi connectivity index (χ1n) is 12.0. The Hall–Kier alpha value is -4.44. The second-order valence-corrected chi connectivity index (χ2v) is 10.5. The minimum atomic E-state index is -2.90. The Morgan fingerprint density at radius 2 is 1.21 bits per heavy atom. The quantitative estimate of drug-likeness (QED) is 0.331. The van der Waals surface area contributed by atoms with Crippen LogP contribution in [0.2, 0.25) is 0 Å². The monoisotopic (exact) mass is 552 g/mol. The predicted molar refractivity (Wildman–Crippen MR) is 148 cm³/mol. The highest BCUT2D eigenvalue weighted by molar-refractivity contribution is 7.93. The van der Waals surface area contributed by atoms with Crippen LogP contribution in [0.1, 0.15) is 16.7 Å². The molecule has 0 aliphatic rings. The maximum Gasteiger partial charge on any atom is 0.408 e. The standard InChI is InChI=1S/C26H26N2O5.C3H6O2S/c29-24(27-23(25(30)31)17-20-12-6-2-7-13-20)22(16-19-10-4-1-5-11-19)28-26(32)33-18-21-14-8-3-9-15-21;1-3-6(2,4)5/h1-15,22-23H,16-18H2,(H,27,29)(H,28,32)(H,30,31);3H,1H2,2H3/t22-,23-;/m0./s1. The van der Waals surface area contributed by atoms with Crippen LogP contribution in [0.15, 0.2) is 103 Å². The molecule has 39 heavy (non-hydrogen) atoms. The molecule has 0 saturated carbocycles. The van der Waals surface area contributed by atoms with E-state index < -0.39 is 39.9 Å². The maximum absolute atomic E-state index is 13.0. The summed E-state index contributed by atoms with van der Waals surface area (Å²) in [7, 11) is -2.90. The third kappa shape index (κ3) is 12.6. The average molecular weight is 553 g/mol. The first kappa shape index (κ1) is 30.8. The molecule has 3 aromatic carbocycles. The van der Waals surface area contributed by atoms with Gasteiger partial charge in [0.1, 0.15) is 18.7 Å². The van der Waals surface area contributed by atoms with Crippen molar-refractivity contribution in [1.82, 2.24) is 10.6 Å². The lowest BCUT2D eigenvalue weighted by molar-refractivity contribution is -0.142. The topological polar surface area (TPSA) is 139 Å². The van der Waals surface area contributed by atoms with Crippen LogP contribution in [0, 0.1) is 0 Å². The molecule has 2 atom stereocenters. The molecule has 0 bridgehead atoms. The van der Waals surface area contributed by atoms with Gasteiger partial charge >= 0.3 is 12.1 Å². The summed E-state index contributed by atoms with van der Waals surface area (Å²) in [6, 6.07) is 25.2. The molecule has 9 nitrogen and oxygen atoms in total. The highest BCUT2D eigenvalue weighted by Gasteiger charge is 2.27. The normalized spacial score (nSPS) is 12.0. The van der Waals surface area contributed by atoms with E-state index in [1.807, 2.05) is 66.7 Å². The number of amides is 2. The zero-order chi connectivity index (χ0) is 28.7. The molecule has 3 N–H and O–H groups in total.